The highest BCUT2D eigenvalue weighted by Crippen LogP contribution is 2.59. The van der Waals surface area contributed by atoms with Gasteiger partial charge in [0.1, 0.15) is 6.04 Å². The average Bonchev–Trinajstić information content (AvgIpc) is 3.28. The summed E-state index contributed by atoms with van der Waals surface area (Å²) in [6.45, 7) is 3.39. The number of piperidine rings is 1. The molecule has 3 aliphatic rings. The van der Waals surface area contributed by atoms with Gasteiger partial charge in [0, 0.05) is 42.0 Å². The van der Waals surface area contributed by atoms with E-state index in [9.17, 15) is 9.59 Å². The third-order valence-corrected chi connectivity index (χ3v) is 8.42. The summed E-state index contributed by atoms with van der Waals surface area (Å²) in [7, 11) is 0. The Morgan fingerprint density at radius 3 is 2.45 bits per heavy atom. The van der Waals surface area contributed by atoms with Gasteiger partial charge in [0.2, 0.25) is 11.8 Å². The van der Waals surface area contributed by atoms with Gasteiger partial charge in [-0.15, -0.1) is 11.8 Å². The van der Waals surface area contributed by atoms with Crippen molar-refractivity contribution < 1.29 is 9.59 Å². The van der Waals surface area contributed by atoms with Crippen molar-refractivity contribution in [1.29, 1.82) is 0 Å². The molecule has 2 atom stereocenters. The third-order valence-electron chi connectivity index (χ3n) is 7.67. The molecule has 1 aromatic heterocycles. The van der Waals surface area contributed by atoms with Crippen molar-refractivity contribution in [2.24, 2.45) is 11.3 Å². The second kappa shape index (κ2) is 9.47. The minimum absolute atomic E-state index is 0.0580. The van der Waals surface area contributed by atoms with E-state index in [1.54, 1.807) is 18.0 Å². The fourth-order valence-electron chi connectivity index (χ4n) is 5.57. The van der Waals surface area contributed by atoms with Crippen LogP contribution in [0.25, 0.3) is 0 Å². The number of carbonyl (C=O) groups excluding carboxylic acids is 2. The first kappa shape index (κ1) is 22.4. The maximum Gasteiger partial charge on any atom is 0.244 e. The molecule has 2 saturated heterocycles. The minimum Gasteiger partial charge on any atom is -0.341 e. The molecule has 2 aromatic rings. The fraction of sp³-hybridized carbons (Fsp3) is 0.500. The Morgan fingerprint density at radius 1 is 1.09 bits per heavy atom. The van der Waals surface area contributed by atoms with Gasteiger partial charge < -0.3 is 10.2 Å². The SMILES string of the molecule is CSc1ccc(NC(=O)[C@@H]2CC23CCN(C(=O)[C@@H](c2cccnc2)N2CCCC2)CC3)cc1. The molecule has 5 rings (SSSR count). The second-order valence-corrected chi connectivity index (χ2v) is 10.5. The molecule has 0 unspecified atom stereocenters. The number of nitrogens with one attached hydrogen (secondary N) is 1. The van der Waals surface area contributed by atoms with E-state index >= 15 is 0 Å². The van der Waals surface area contributed by atoms with Crippen LogP contribution in [0.3, 0.4) is 0 Å². The zero-order chi connectivity index (χ0) is 22.8. The lowest BCUT2D eigenvalue weighted by molar-refractivity contribution is -0.138. The van der Waals surface area contributed by atoms with Gasteiger partial charge in [-0.25, -0.2) is 0 Å². The van der Waals surface area contributed by atoms with Crippen LogP contribution in [0.5, 0.6) is 0 Å². The van der Waals surface area contributed by atoms with Gasteiger partial charge in [0.15, 0.2) is 0 Å². The molecule has 1 saturated carbocycles. The summed E-state index contributed by atoms with van der Waals surface area (Å²) in [4.78, 5) is 36.3. The molecule has 0 radical (unpaired) electrons. The third kappa shape index (κ3) is 4.66. The number of carbonyl (C=O) groups is 2. The molecule has 0 bridgehead atoms. The zero-order valence-electron chi connectivity index (χ0n) is 19.2. The number of aromatic nitrogens is 1. The van der Waals surface area contributed by atoms with E-state index in [1.165, 1.54) is 4.90 Å². The first-order valence-electron chi connectivity index (χ1n) is 12.0. The van der Waals surface area contributed by atoms with E-state index in [2.05, 4.69) is 15.2 Å². The monoisotopic (exact) mass is 464 g/mol. The van der Waals surface area contributed by atoms with Crippen molar-refractivity contribution in [3.63, 3.8) is 0 Å². The summed E-state index contributed by atoms with van der Waals surface area (Å²) in [5.74, 6) is 0.370. The zero-order valence-corrected chi connectivity index (χ0v) is 20.0. The molecule has 7 heteroatoms. The van der Waals surface area contributed by atoms with Gasteiger partial charge in [-0.3, -0.25) is 19.5 Å². The molecule has 33 heavy (non-hydrogen) atoms. The lowest BCUT2D eigenvalue weighted by Crippen LogP contribution is -2.46. The van der Waals surface area contributed by atoms with Crippen LogP contribution in [-0.4, -0.2) is 59.0 Å². The standard InChI is InChI=1S/C26H32N4O2S/c1-33-21-8-6-20(7-9-21)28-24(31)22-17-26(22)10-15-30(16-11-26)25(32)23(29-13-2-3-14-29)19-5-4-12-27-18-19/h4-9,12,18,22-23H,2-3,10-11,13-17H2,1H3,(H,28,31)/t22-,23+/m0/s1. The molecule has 6 nitrogen and oxygen atoms in total. The molecule has 1 aliphatic carbocycles. The number of hydrogen-bond donors (Lipinski definition) is 1. The van der Waals surface area contributed by atoms with Crippen molar-refractivity contribution in [1.82, 2.24) is 14.8 Å². The van der Waals surface area contributed by atoms with Crippen LogP contribution < -0.4 is 5.32 Å². The summed E-state index contributed by atoms with van der Waals surface area (Å²) in [5.41, 5.74) is 1.91. The number of benzene rings is 1. The van der Waals surface area contributed by atoms with Crippen LogP contribution in [-0.2, 0) is 9.59 Å². The van der Waals surface area contributed by atoms with E-state index in [0.29, 0.717) is 0 Å². The predicted molar refractivity (Wildman–Crippen MR) is 131 cm³/mol. The van der Waals surface area contributed by atoms with Crippen LogP contribution >= 0.6 is 11.8 Å². The number of likely N-dealkylation sites (tertiary alicyclic amines) is 2. The maximum atomic E-state index is 13.6. The highest BCUT2D eigenvalue weighted by atomic mass is 32.2. The quantitative estimate of drug-likeness (QED) is 0.649. The Hall–Kier alpha value is -2.38. The summed E-state index contributed by atoms with van der Waals surface area (Å²) < 4.78 is 0. The van der Waals surface area contributed by atoms with Crippen LogP contribution in [0.15, 0.2) is 53.7 Å². The average molecular weight is 465 g/mol. The van der Waals surface area contributed by atoms with Crippen LogP contribution in [0.1, 0.15) is 43.7 Å². The summed E-state index contributed by atoms with van der Waals surface area (Å²) in [5, 5.41) is 3.10. The molecular weight excluding hydrogens is 432 g/mol. The molecule has 2 amide bonds. The first-order chi connectivity index (χ1) is 16.1. The van der Waals surface area contributed by atoms with Gasteiger partial charge >= 0.3 is 0 Å². The van der Waals surface area contributed by atoms with Gasteiger partial charge in [0.05, 0.1) is 0 Å². The summed E-state index contributed by atoms with van der Waals surface area (Å²) >= 11 is 1.69. The fourth-order valence-corrected chi connectivity index (χ4v) is 5.98. The van der Waals surface area contributed by atoms with Crippen molar-refractivity contribution in [3.05, 3.63) is 54.4 Å². The normalized spacial score (nSPS) is 22.8. The van der Waals surface area contributed by atoms with Crippen LogP contribution in [0, 0.1) is 11.3 Å². The number of amides is 2. The van der Waals surface area contributed by atoms with E-state index in [1.807, 2.05) is 53.8 Å². The van der Waals surface area contributed by atoms with Crippen LogP contribution in [0.2, 0.25) is 0 Å². The molecule has 3 heterocycles. The van der Waals surface area contributed by atoms with E-state index in [0.717, 1.165) is 69.5 Å². The lowest BCUT2D eigenvalue weighted by Gasteiger charge is -2.37. The topological polar surface area (TPSA) is 65.5 Å². The summed E-state index contributed by atoms with van der Waals surface area (Å²) in [6.07, 6.45) is 10.7. The molecule has 3 fully saturated rings. The Labute approximate surface area is 200 Å². The predicted octanol–water partition coefficient (Wildman–Crippen LogP) is 4.21. The Kier molecular flexibility index (Phi) is 6.43. The second-order valence-electron chi connectivity index (χ2n) is 9.59. The van der Waals surface area contributed by atoms with Crippen LogP contribution in [0.4, 0.5) is 5.69 Å². The largest absolute Gasteiger partial charge is 0.341 e. The van der Waals surface area contributed by atoms with Crippen molar-refractivity contribution in [3.8, 4) is 0 Å². The first-order valence-corrected chi connectivity index (χ1v) is 13.2. The van der Waals surface area contributed by atoms with Gasteiger partial charge in [-0.05, 0) is 92.8 Å². The Morgan fingerprint density at radius 2 is 1.82 bits per heavy atom. The highest BCUT2D eigenvalue weighted by Gasteiger charge is 2.59. The molecule has 1 N–H and O–H groups in total. The van der Waals surface area contributed by atoms with Gasteiger partial charge in [-0.2, -0.15) is 0 Å². The van der Waals surface area contributed by atoms with Gasteiger partial charge in [0.25, 0.3) is 0 Å². The van der Waals surface area contributed by atoms with Crippen molar-refractivity contribution in [2.75, 3.05) is 37.8 Å². The van der Waals surface area contributed by atoms with Crippen molar-refractivity contribution in [2.45, 2.75) is 43.0 Å². The highest BCUT2D eigenvalue weighted by molar-refractivity contribution is 7.98. The maximum absolute atomic E-state index is 13.6. The number of hydrogen-bond acceptors (Lipinski definition) is 5. The Bertz CT molecular complexity index is 983. The Balaban J connectivity index is 1.19. The van der Waals surface area contributed by atoms with E-state index in [4.69, 9.17) is 0 Å². The molecule has 1 spiro atoms. The summed E-state index contributed by atoms with van der Waals surface area (Å²) in [6, 6.07) is 11.7. The molecular formula is C26H32N4O2S. The number of thioether (sulfide) groups is 1. The minimum atomic E-state index is -0.238. The molecule has 2 aliphatic heterocycles. The number of rotatable bonds is 6. The molecule has 174 valence electrons. The number of anilines is 1. The number of nitrogens with zero attached hydrogens (tertiary/aromatic N) is 3. The van der Waals surface area contributed by atoms with Crippen molar-refractivity contribution >= 4 is 29.3 Å². The molecule has 1 aromatic carbocycles. The van der Waals surface area contributed by atoms with E-state index < -0.39 is 0 Å². The van der Waals surface area contributed by atoms with E-state index in [-0.39, 0.29) is 29.2 Å². The van der Waals surface area contributed by atoms with Gasteiger partial charge in [-0.1, -0.05) is 6.07 Å². The lowest BCUT2D eigenvalue weighted by atomic mass is 9.90. The number of pyridine rings is 1. The smallest absolute Gasteiger partial charge is 0.244 e.